The van der Waals surface area contributed by atoms with Crippen molar-refractivity contribution in [1.82, 2.24) is 4.90 Å². The van der Waals surface area contributed by atoms with Gasteiger partial charge in [0.15, 0.2) is 6.29 Å². The Morgan fingerprint density at radius 1 is 1.42 bits per heavy atom. The fraction of sp³-hybridized carbons (Fsp3) is 0.438. The summed E-state index contributed by atoms with van der Waals surface area (Å²) in [5.74, 6) is -1.18. The zero-order valence-electron chi connectivity index (χ0n) is 13.5. The summed E-state index contributed by atoms with van der Waals surface area (Å²) in [4.78, 5) is 36.9. The number of carbonyl (C=O) groups is 3. The van der Waals surface area contributed by atoms with Crippen LogP contribution in [0.15, 0.2) is 18.2 Å². The predicted octanol–water partition coefficient (Wildman–Crippen LogP) is 0.167. The van der Waals surface area contributed by atoms with Crippen LogP contribution in [-0.4, -0.2) is 47.2 Å². The molecule has 0 bridgehead atoms. The van der Waals surface area contributed by atoms with Crippen molar-refractivity contribution >= 4 is 17.8 Å². The molecule has 0 aliphatic carbocycles. The highest BCUT2D eigenvalue weighted by atomic mass is 16.6. The fourth-order valence-corrected chi connectivity index (χ4v) is 2.68. The lowest BCUT2D eigenvalue weighted by Crippen LogP contribution is -2.45. The second-order valence-corrected chi connectivity index (χ2v) is 5.47. The number of rotatable bonds is 7. The molecule has 24 heavy (non-hydrogen) atoms. The number of nitrogens with two attached hydrogens (primary N) is 1. The largest absolute Gasteiger partial charge is 0.469 e. The van der Waals surface area contributed by atoms with Crippen molar-refractivity contribution in [3.05, 3.63) is 29.3 Å². The molecule has 2 rings (SSSR count). The van der Waals surface area contributed by atoms with Gasteiger partial charge in [-0.3, -0.25) is 14.4 Å². The minimum atomic E-state index is -1.04. The number of carbonyl (C=O) groups excluding carboxylic acids is 3. The summed E-state index contributed by atoms with van der Waals surface area (Å²) in [5.41, 5.74) is 6.37. The monoisotopic (exact) mass is 336 g/mol. The summed E-state index contributed by atoms with van der Waals surface area (Å²) in [6, 6.07) is 3.95. The first-order valence-corrected chi connectivity index (χ1v) is 7.48. The summed E-state index contributed by atoms with van der Waals surface area (Å²) in [6.45, 7) is 1.57. The summed E-state index contributed by atoms with van der Waals surface area (Å²) in [6.07, 6.45) is -0.984. The summed E-state index contributed by atoms with van der Waals surface area (Å²) in [7, 11) is 1.25. The molecule has 1 aliphatic rings. The number of ether oxygens (including phenoxy) is 2. The van der Waals surface area contributed by atoms with Crippen LogP contribution in [0.25, 0.3) is 0 Å². The van der Waals surface area contributed by atoms with Gasteiger partial charge in [0.05, 0.1) is 13.7 Å². The molecule has 8 nitrogen and oxygen atoms in total. The third kappa shape index (κ3) is 3.65. The zero-order chi connectivity index (χ0) is 17.9. The Morgan fingerprint density at radius 2 is 2.12 bits per heavy atom. The molecule has 2 unspecified atom stereocenters. The molecule has 1 aromatic rings. The molecule has 1 aliphatic heterocycles. The van der Waals surface area contributed by atoms with E-state index in [4.69, 9.17) is 10.5 Å². The van der Waals surface area contributed by atoms with Gasteiger partial charge >= 0.3 is 5.97 Å². The average molecular weight is 336 g/mol. The topological polar surface area (TPSA) is 119 Å². The number of benzene rings is 1. The highest BCUT2D eigenvalue weighted by molar-refractivity contribution is 6.01. The molecular weight excluding hydrogens is 316 g/mol. The first-order valence-electron chi connectivity index (χ1n) is 7.48. The number of hydrogen-bond donors (Lipinski definition) is 2. The number of hydrogen-bond acceptors (Lipinski definition) is 6. The van der Waals surface area contributed by atoms with Crippen LogP contribution in [0.3, 0.4) is 0 Å². The van der Waals surface area contributed by atoms with Crippen molar-refractivity contribution in [3.8, 4) is 5.75 Å². The highest BCUT2D eigenvalue weighted by Crippen LogP contribution is 2.33. The van der Waals surface area contributed by atoms with Crippen molar-refractivity contribution in [3.63, 3.8) is 0 Å². The Kier molecular flexibility index (Phi) is 5.40. The molecule has 1 heterocycles. The van der Waals surface area contributed by atoms with E-state index in [1.54, 1.807) is 18.2 Å². The molecule has 0 radical (unpaired) electrons. The molecule has 8 heteroatoms. The van der Waals surface area contributed by atoms with Gasteiger partial charge in [0, 0.05) is 17.5 Å². The van der Waals surface area contributed by atoms with Crippen molar-refractivity contribution in [2.75, 3.05) is 7.11 Å². The lowest BCUT2D eigenvalue weighted by Gasteiger charge is -2.24. The van der Waals surface area contributed by atoms with Crippen LogP contribution in [-0.2, 0) is 20.9 Å². The number of fused-ring (bicyclic) bond motifs is 1. The summed E-state index contributed by atoms with van der Waals surface area (Å²) < 4.78 is 9.85. The van der Waals surface area contributed by atoms with Gasteiger partial charge in [0.25, 0.3) is 5.91 Å². The van der Waals surface area contributed by atoms with Crippen LogP contribution in [0, 0.1) is 0 Å². The second kappa shape index (κ2) is 7.31. The number of aliphatic hydroxyl groups is 1. The lowest BCUT2D eigenvalue weighted by atomic mass is 10.1. The maximum Gasteiger partial charge on any atom is 0.305 e. The van der Waals surface area contributed by atoms with Crippen molar-refractivity contribution < 1.29 is 29.0 Å². The first-order chi connectivity index (χ1) is 11.3. The van der Waals surface area contributed by atoms with Gasteiger partial charge in [-0.05, 0) is 25.5 Å². The number of amides is 2. The van der Waals surface area contributed by atoms with Gasteiger partial charge in [-0.1, -0.05) is 6.07 Å². The molecule has 1 aromatic carbocycles. The van der Waals surface area contributed by atoms with Crippen LogP contribution in [0.1, 0.15) is 35.7 Å². The van der Waals surface area contributed by atoms with Gasteiger partial charge in [-0.15, -0.1) is 0 Å². The van der Waals surface area contributed by atoms with E-state index < -0.39 is 24.2 Å². The van der Waals surface area contributed by atoms with E-state index in [2.05, 4.69) is 4.74 Å². The fourth-order valence-electron chi connectivity index (χ4n) is 2.68. The number of primary amides is 1. The standard InChI is InChI=1S/C16H20N2O6/c1-9(19)24-13-5-3-4-10-11(13)8-18(16(10)22)12(15(17)21)6-7-14(20)23-2/h3-5,9,12,19H,6-8H2,1-2H3,(H2,17,21). The van der Waals surface area contributed by atoms with E-state index >= 15 is 0 Å². The van der Waals surface area contributed by atoms with Gasteiger partial charge in [0.2, 0.25) is 5.91 Å². The SMILES string of the molecule is COC(=O)CCC(C(N)=O)N1Cc2c(OC(C)O)cccc2C1=O. The van der Waals surface area contributed by atoms with Gasteiger partial charge in [0.1, 0.15) is 11.8 Å². The Labute approximate surface area is 139 Å². The van der Waals surface area contributed by atoms with Crippen molar-refractivity contribution in [1.29, 1.82) is 0 Å². The lowest BCUT2D eigenvalue weighted by molar-refractivity contribution is -0.141. The molecule has 0 spiro atoms. The van der Waals surface area contributed by atoms with Crippen molar-refractivity contribution in [2.45, 2.75) is 38.6 Å². The summed E-state index contributed by atoms with van der Waals surface area (Å²) >= 11 is 0. The Hall–Kier alpha value is -2.61. The quantitative estimate of drug-likeness (QED) is 0.541. The molecule has 0 saturated carbocycles. The minimum absolute atomic E-state index is 0.0265. The zero-order valence-corrected chi connectivity index (χ0v) is 13.5. The maximum atomic E-state index is 12.6. The van der Waals surface area contributed by atoms with Crippen LogP contribution in [0.5, 0.6) is 5.75 Å². The third-order valence-corrected chi connectivity index (χ3v) is 3.80. The Balaban J connectivity index is 2.24. The van der Waals surface area contributed by atoms with E-state index in [0.717, 1.165) is 0 Å². The van der Waals surface area contributed by atoms with E-state index in [-0.39, 0.29) is 25.3 Å². The minimum Gasteiger partial charge on any atom is -0.469 e. The molecule has 2 amide bonds. The normalized spacial score (nSPS) is 15.6. The molecule has 0 aromatic heterocycles. The molecule has 130 valence electrons. The summed E-state index contributed by atoms with van der Waals surface area (Å²) in [5, 5.41) is 9.39. The van der Waals surface area contributed by atoms with E-state index in [1.807, 2.05) is 0 Å². The molecule has 2 atom stereocenters. The number of methoxy groups -OCH3 is 1. The highest BCUT2D eigenvalue weighted by Gasteiger charge is 2.37. The molecule has 0 fully saturated rings. The Morgan fingerprint density at radius 3 is 2.71 bits per heavy atom. The van der Waals surface area contributed by atoms with Crippen LogP contribution in [0.2, 0.25) is 0 Å². The molecular formula is C16H20N2O6. The average Bonchev–Trinajstić information content (AvgIpc) is 2.85. The van der Waals surface area contributed by atoms with Crippen LogP contribution in [0.4, 0.5) is 0 Å². The van der Waals surface area contributed by atoms with Crippen LogP contribution < -0.4 is 10.5 Å². The van der Waals surface area contributed by atoms with Gasteiger partial charge < -0.3 is 25.2 Å². The van der Waals surface area contributed by atoms with Gasteiger partial charge in [-0.2, -0.15) is 0 Å². The maximum absolute atomic E-state index is 12.6. The van der Waals surface area contributed by atoms with E-state index in [1.165, 1.54) is 18.9 Å². The van der Waals surface area contributed by atoms with Crippen molar-refractivity contribution in [2.24, 2.45) is 5.73 Å². The predicted molar refractivity (Wildman–Crippen MR) is 82.9 cm³/mol. The van der Waals surface area contributed by atoms with Crippen LogP contribution >= 0.6 is 0 Å². The Bertz CT molecular complexity index is 658. The second-order valence-electron chi connectivity index (χ2n) is 5.47. The number of esters is 1. The third-order valence-electron chi connectivity index (χ3n) is 3.80. The number of aliphatic hydroxyl groups excluding tert-OH is 1. The van der Waals surface area contributed by atoms with Gasteiger partial charge in [-0.25, -0.2) is 0 Å². The first kappa shape index (κ1) is 17.7. The van der Waals surface area contributed by atoms with E-state index in [9.17, 15) is 19.5 Å². The van der Waals surface area contributed by atoms with E-state index in [0.29, 0.717) is 16.9 Å². The molecule has 3 N–H and O–H groups in total. The number of nitrogens with zero attached hydrogens (tertiary/aromatic N) is 1. The smallest absolute Gasteiger partial charge is 0.305 e. The molecule has 0 saturated heterocycles.